The molecule has 1 aromatic carbocycles. The van der Waals surface area contributed by atoms with Crippen LogP contribution in [0.1, 0.15) is 18.1 Å². The van der Waals surface area contributed by atoms with Crippen molar-refractivity contribution in [3.8, 4) is 5.75 Å². The van der Waals surface area contributed by atoms with Crippen LogP contribution in [0, 0.1) is 6.92 Å². The van der Waals surface area contributed by atoms with Crippen molar-refractivity contribution in [2.75, 3.05) is 13.2 Å². The van der Waals surface area contributed by atoms with Crippen LogP contribution in [0.4, 0.5) is 0 Å². The molecular weight excluding hydrogens is 206 g/mol. The lowest BCUT2D eigenvalue weighted by Crippen LogP contribution is -2.40. The second kappa shape index (κ2) is 5.30. The predicted molar refractivity (Wildman–Crippen MR) is 62.3 cm³/mol. The van der Waals surface area contributed by atoms with Crippen LogP contribution in [0.2, 0.25) is 0 Å². The van der Waals surface area contributed by atoms with Crippen molar-refractivity contribution in [3.63, 3.8) is 0 Å². The Balaban J connectivity index is 2.52. The van der Waals surface area contributed by atoms with Gasteiger partial charge in [0, 0.05) is 18.7 Å². The van der Waals surface area contributed by atoms with Gasteiger partial charge in [0.05, 0.1) is 12.2 Å². The zero-order chi connectivity index (χ0) is 12.2. The Kier molecular flexibility index (Phi) is 4.29. The minimum Gasteiger partial charge on any atom is -0.508 e. The molecule has 4 heteroatoms. The second-order valence-electron chi connectivity index (χ2n) is 4.39. The SMILES string of the molecule is Cc1ccc(O)c(CNCC(C)(O)CO)c1. The minimum atomic E-state index is -1.13. The predicted octanol–water partition coefficient (Wildman–Crippen LogP) is 0.534. The molecule has 0 aromatic heterocycles. The molecule has 4 N–H and O–H groups in total. The molecule has 4 nitrogen and oxygen atoms in total. The van der Waals surface area contributed by atoms with Crippen LogP contribution < -0.4 is 5.32 Å². The molecule has 0 radical (unpaired) electrons. The van der Waals surface area contributed by atoms with E-state index in [0.29, 0.717) is 6.54 Å². The van der Waals surface area contributed by atoms with Crippen molar-refractivity contribution in [1.29, 1.82) is 0 Å². The molecule has 0 bridgehead atoms. The van der Waals surface area contributed by atoms with Crippen LogP contribution in [0.5, 0.6) is 5.75 Å². The van der Waals surface area contributed by atoms with Gasteiger partial charge in [0.2, 0.25) is 0 Å². The number of aliphatic hydroxyl groups excluding tert-OH is 1. The number of aliphatic hydroxyl groups is 2. The summed E-state index contributed by atoms with van der Waals surface area (Å²) in [6.45, 7) is 3.95. The molecule has 90 valence electrons. The van der Waals surface area contributed by atoms with Gasteiger partial charge in [-0.05, 0) is 19.9 Å². The normalized spacial score (nSPS) is 14.8. The molecule has 0 saturated heterocycles. The average Bonchev–Trinajstić information content (AvgIpc) is 2.23. The summed E-state index contributed by atoms with van der Waals surface area (Å²) in [7, 11) is 0. The van der Waals surface area contributed by atoms with E-state index in [0.717, 1.165) is 11.1 Å². The quantitative estimate of drug-likeness (QED) is 0.590. The summed E-state index contributed by atoms with van der Waals surface area (Å²) in [5.41, 5.74) is 0.733. The number of nitrogens with one attached hydrogen (secondary N) is 1. The number of aromatic hydroxyl groups is 1. The lowest BCUT2D eigenvalue weighted by Gasteiger charge is -2.20. The summed E-state index contributed by atoms with van der Waals surface area (Å²) in [5, 5.41) is 31.0. The molecule has 1 atom stereocenters. The fourth-order valence-electron chi connectivity index (χ4n) is 1.38. The molecule has 0 heterocycles. The van der Waals surface area contributed by atoms with Gasteiger partial charge in [-0.1, -0.05) is 17.7 Å². The van der Waals surface area contributed by atoms with Crippen LogP contribution in [0.25, 0.3) is 0 Å². The van der Waals surface area contributed by atoms with E-state index in [4.69, 9.17) is 5.11 Å². The summed E-state index contributed by atoms with van der Waals surface area (Å²) >= 11 is 0. The molecule has 0 aliphatic rings. The molecule has 1 unspecified atom stereocenters. The smallest absolute Gasteiger partial charge is 0.120 e. The van der Waals surface area contributed by atoms with Gasteiger partial charge in [0.25, 0.3) is 0 Å². The lowest BCUT2D eigenvalue weighted by molar-refractivity contribution is 0.00250. The highest BCUT2D eigenvalue weighted by Gasteiger charge is 2.17. The molecule has 16 heavy (non-hydrogen) atoms. The first-order chi connectivity index (χ1) is 7.44. The van der Waals surface area contributed by atoms with E-state index >= 15 is 0 Å². The van der Waals surface area contributed by atoms with Gasteiger partial charge < -0.3 is 20.6 Å². The van der Waals surface area contributed by atoms with Crippen LogP contribution in [0.3, 0.4) is 0 Å². The summed E-state index contributed by atoms with van der Waals surface area (Å²) in [5.74, 6) is 0.238. The Morgan fingerprint density at radius 3 is 2.69 bits per heavy atom. The Morgan fingerprint density at radius 2 is 2.06 bits per heavy atom. The van der Waals surface area contributed by atoms with Gasteiger partial charge in [0.15, 0.2) is 0 Å². The molecule has 1 rings (SSSR count). The monoisotopic (exact) mass is 225 g/mol. The fraction of sp³-hybridized carbons (Fsp3) is 0.500. The number of phenolic OH excluding ortho intramolecular Hbond substituents is 1. The first-order valence-corrected chi connectivity index (χ1v) is 5.27. The number of aryl methyl sites for hydroxylation is 1. The molecule has 1 aromatic rings. The van der Waals surface area contributed by atoms with E-state index in [-0.39, 0.29) is 18.9 Å². The van der Waals surface area contributed by atoms with Crippen LogP contribution >= 0.6 is 0 Å². The van der Waals surface area contributed by atoms with Crippen molar-refractivity contribution >= 4 is 0 Å². The molecule has 0 aliphatic heterocycles. The van der Waals surface area contributed by atoms with Crippen LogP contribution in [-0.2, 0) is 6.54 Å². The molecular formula is C12H19NO3. The number of phenols is 1. The lowest BCUT2D eigenvalue weighted by atomic mass is 10.1. The van der Waals surface area contributed by atoms with Gasteiger partial charge >= 0.3 is 0 Å². The zero-order valence-electron chi connectivity index (χ0n) is 9.70. The molecule has 0 fully saturated rings. The van der Waals surface area contributed by atoms with Crippen molar-refractivity contribution < 1.29 is 15.3 Å². The summed E-state index contributed by atoms with van der Waals surface area (Å²) in [6.07, 6.45) is 0. The number of benzene rings is 1. The standard InChI is InChI=1S/C12H19NO3/c1-9-3-4-11(15)10(5-9)6-13-7-12(2,16)8-14/h3-5,13-16H,6-8H2,1-2H3. The largest absolute Gasteiger partial charge is 0.508 e. The van der Waals surface area contributed by atoms with Gasteiger partial charge in [0.1, 0.15) is 5.75 Å². The summed E-state index contributed by atoms with van der Waals surface area (Å²) in [4.78, 5) is 0. The summed E-state index contributed by atoms with van der Waals surface area (Å²) < 4.78 is 0. The average molecular weight is 225 g/mol. The molecule has 0 saturated carbocycles. The first-order valence-electron chi connectivity index (χ1n) is 5.27. The van der Waals surface area contributed by atoms with Gasteiger partial charge in [-0.25, -0.2) is 0 Å². The fourth-order valence-corrected chi connectivity index (χ4v) is 1.38. The molecule has 0 amide bonds. The number of rotatable bonds is 5. The Bertz CT molecular complexity index is 350. The number of hydrogen-bond acceptors (Lipinski definition) is 4. The van der Waals surface area contributed by atoms with Gasteiger partial charge in [-0.2, -0.15) is 0 Å². The number of hydrogen-bond donors (Lipinski definition) is 4. The van der Waals surface area contributed by atoms with E-state index in [1.54, 1.807) is 13.0 Å². The van der Waals surface area contributed by atoms with E-state index < -0.39 is 5.60 Å². The zero-order valence-corrected chi connectivity index (χ0v) is 9.70. The first kappa shape index (κ1) is 13.0. The topological polar surface area (TPSA) is 72.7 Å². The molecule has 0 aliphatic carbocycles. The minimum absolute atomic E-state index is 0.238. The van der Waals surface area contributed by atoms with E-state index in [2.05, 4.69) is 5.32 Å². The highest BCUT2D eigenvalue weighted by molar-refractivity contribution is 5.35. The maximum Gasteiger partial charge on any atom is 0.120 e. The Labute approximate surface area is 95.6 Å². The molecule has 0 spiro atoms. The van der Waals surface area contributed by atoms with E-state index in [9.17, 15) is 10.2 Å². The third-order valence-electron chi connectivity index (χ3n) is 2.40. The third kappa shape index (κ3) is 3.81. The van der Waals surface area contributed by atoms with Crippen molar-refractivity contribution in [3.05, 3.63) is 29.3 Å². The van der Waals surface area contributed by atoms with Crippen molar-refractivity contribution in [1.82, 2.24) is 5.32 Å². The maximum atomic E-state index is 9.57. The maximum absolute atomic E-state index is 9.57. The van der Waals surface area contributed by atoms with Gasteiger partial charge in [-0.3, -0.25) is 0 Å². The van der Waals surface area contributed by atoms with E-state index in [1.807, 2.05) is 19.1 Å². The Hall–Kier alpha value is -1.10. The second-order valence-corrected chi connectivity index (χ2v) is 4.39. The van der Waals surface area contributed by atoms with E-state index in [1.165, 1.54) is 0 Å². The third-order valence-corrected chi connectivity index (χ3v) is 2.40. The van der Waals surface area contributed by atoms with Crippen LogP contribution in [-0.4, -0.2) is 34.1 Å². The van der Waals surface area contributed by atoms with Gasteiger partial charge in [-0.15, -0.1) is 0 Å². The summed E-state index contributed by atoms with van der Waals surface area (Å²) in [6, 6.07) is 5.37. The van der Waals surface area contributed by atoms with Crippen LogP contribution in [0.15, 0.2) is 18.2 Å². The highest BCUT2D eigenvalue weighted by atomic mass is 16.3. The van der Waals surface area contributed by atoms with Crippen molar-refractivity contribution in [2.45, 2.75) is 26.0 Å². The van der Waals surface area contributed by atoms with Crippen molar-refractivity contribution in [2.24, 2.45) is 0 Å². The highest BCUT2D eigenvalue weighted by Crippen LogP contribution is 2.17. The Morgan fingerprint density at radius 1 is 1.38 bits per heavy atom.